The largest absolute Gasteiger partial charge is 0.419 e. The van der Waals surface area contributed by atoms with Crippen molar-refractivity contribution >= 4 is 23.2 Å². The molecule has 1 aromatic carbocycles. The second-order valence-corrected chi connectivity index (χ2v) is 7.01. The summed E-state index contributed by atoms with van der Waals surface area (Å²) in [7, 11) is 0. The van der Waals surface area contributed by atoms with Crippen LogP contribution in [0.15, 0.2) is 22.6 Å². The molecule has 0 amide bonds. The number of hydrogen-bond acceptors (Lipinski definition) is 4. The third-order valence-electron chi connectivity index (χ3n) is 4.62. The maximum atomic E-state index is 6.20. The molecule has 3 atom stereocenters. The molecular formula is C17H21Cl2N3O. The molecule has 1 saturated carbocycles. The molecule has 1 heterocycles. The fourth-order valence-electron chi connectivity index (χ4n) is 3.32. The Hall–Kier alpha value is -1.10. The van der Waals surface area contributed by atoms with Crippen molar-refractivity contribution in [1.29, 1.82) is 0 Å². The van der Waals surface area contributed by atoms with Gasteiger partial charge in [0, 0.05) is 11.1 Å². The Morgan fingerprint density at radius 3 is 2.87 bits per heavy atom. The molecule has 3 rings (SSSR count). The van der Waals surface area contributed by atoms with Crippen LogP contribution >= 0.6 is 23.2 Å². The third kappa shape index (κ3) is 3.70. The highest BCUT2D eigenvalue weighted by Gasteiger charge is 2.28. The van der Waals surface area contributed by atoms with Gasteiger partial charge in [0.25, 0.3) is 0 Å². The van der Waals surface area contributed by atoms with Gasteiger partial charge in [-0.3, -0.25) is 0 Å². The minimum atomic E-state index is 0.0273. The van der Waals surface area contributed by atoms with E-state index in [1.165, 1.54) is 25.7 Å². The van der Waals surface area contributed by atoms with E-state index in [-0.39, 0.29) is 6.04 Å². The number of rotatable bonds is 5. The van der Waals surface area contributed by atoms with Crippen molar-refractivity contribution in [1.82, 2.24) is 15.5 Å². The smallest absolute Gasteiger partial charge is 0.249 e. The Morgan fingerprint density at radius 1 is 1.30 bits per heavy atom. The molecule has 0 bridgehead atoms. The van der Waals surface area contributed by atoms with Gasteiger partial charge in [-0.1, -0.05) is 43.0 Å². The van der Waals surface area contributed by atoms with Gasteiger partial charge in [0.2, 0.25) is 11.8 Å². The Morgan fingerprint density at radius 2 is 2.13 bits per heavy atom. The van der Waals surface area contributed by atoms with Gasteiger partial charge in [-0.25, -0.2) is 0 Å². The van der Waals surface area contributed by atoms with E-state index in [4.69, 9.17) is 27.6 Å². The molecule has 0 radical (unpaired) electrons. The van der Waals surface area contributed by atoms with Gasteiger partial charge in [0.05, 0.1) is 16.6 Å². The molecule has 1 N–H and O–H groups in total. The van der Waals surface area contributed by atoms with Crippen molar-refractivity contribution in [3.05, 3.63) is 34.1 Å². The highest BCUT2D eigenvalue weighted by molar-refractivity contribution is 6.36. The molecule has 3 unspecified atom stereocenters. The lowest BCUT2D eigenvalue weighted by atomic mass is 10.00. The molecule has 6 heteroatoms. The second kappa shape index (κ2) is 7.20. The molecular weight excluding hydrogens is 333 g/mol. The summed E-state index contributed by atoms with van der Waals surface area (Å²) >= 11 is 12.1. The minimum absolute atomic E-state index is 0.0273. The van der Waals surface area contributed by atoms with Crippen molar-refractivity contribution in [2.24, 2.45) is 5.92 Å². The zero-order valence-electron chi connectivity index (χ0n) is 13.4. The quantitative estimate of drug-likeness (QED) is 0.794. The van der Waals surface area contributed by atoms with Gasteiger partial charge < -0.3 is 9.73 Å². The maximum absolute atomic E-state index is 6.20. The van der Waals surface area contributed by atoms with Crippen LogP contribution in [0.25, 0.3) is 11.5 Å². The Balaban J connectivity index is 1.73. The van der Waals surface area contributed by atoms with Crippen LogP contribution < -0.4 is 5.32 Å². The van der Waals surface area contributed by atoms with Gasteiger partial charge in [-0.2, -0.15) is 0 Å². The van der Waals surface area contributed by atoms with E-state index < -0.39 is 0 Å². The standard InChI is InChI=1S/C17H21Cl2N3O/c1-3-11-5-4-6-15(11)20-10(2)16-21-22-17(23-16)13-8-7-12(18)9-14(13)19/h7-11,15,20H,3-6H2,1-2H3. The molecule has 124 valence electrons. The third-order valence-corrected chi connectivity index (χ3v) is 5.17. The number of nitrogens with one attached hydrogen (secondary N) is 1. The summed E-state index contributed by atoms with van der Waals surface area (Å²) in [6.45, 7) is 4.31. The topological polar surface area (TPSA) is 51.0 Å². The fourth-order valence-corrected chi connectivity index (χ4v) is 3.81. The predicted octanol–water partition coefficient (Wildman–Crippen LogP) is 5.27. The van der Waals surface area contributed by atoms with Crippen LogP contribution in [0, 0.1) is 5.92 Å². The van der Waals surface area contributed by atoms with Gasteiger partial charge in [-0.15, -0.1) is 10.2 Å². The Bertz CT molecular complexity index is 674. The minimum Gasteiger partial charge on any atom is -0.419 e. The van der Waals surface area contributed by atoms with Crippen LogP contribution in [-0.2, 0) is 0 Å². The zero-order chi connectivity index (χ0) is 16.4. The first-order valence-electron chi connectivity index (χ1n) is 8.13. The maximum Gasteiger partial charge on any atom is 0.249 e. The number of nitrogens with zero attached hydrogens (tertiary/aromatic N) is 2. The molecule has 1 aliphatic carbocycles. The van der Waals surface area contributed by atoms with E-state index in [0.29, 0.717) is 33.4 Å². The van der Waals surface area contributed by atoms with Crippen LogP contribution in [0.5, 0.6) is 0 Å². The van der Waals surface area contributed by atoms with E-state index in [9.17, 15) is 0 Å². The monoisotopic (exact) mass is 353 g/mol. The summed E-state index contributed by atoms with van der Waals surface area (Å²) in [6, 6.07) is 5.79. The summed E-state index contributed by atoms with van der Waals surface area (Å²) < 4.78 is 5.82. The highest BCUT2D eigenvalue weighted by atomic mass is 35.5. The Labute approximate surface area is 146 Å². The van der Waals surface area contributed by atoms with Crippen LogP contribution in [0.2, 0.25) is 10.0 Å². The zero-order valence-corrected chi connectivity index (χ0v) is 14.9. The van der Waals surface area contributed by atoms with Crippen molar-refractivity contribution in [3.63, 3.8) is 0 Å². The predicted molar refractivity (Wildman–Crippen MR) is 92.7 cm³/mol. The normalized spacial score (nSPS) is 22.4. The molecule has 0 saturated heterocycles. The summed E-state index contributed by atoms with van der Waals surface area (Å²) in [4.78, 5) is 0. The van der Waals surface area contributed by atoms with Gasteiger partial charge in [0.1, 0.15) is 0 Å². The lowest BCUT2D eigenvalue weighted by molar-refractivity contribution is 0.328. The van der Waals surface area contributed by atoms with E-state index in [1.807, 2.05) is 0 Å². The highest BCUT2D eigenvalue weighted by Crippen LogP contribution is 2.32. The SMILES string of the molecule is CCC1CCCC1NC(C)c1nnc(-c2ccc(Cl)cc2Cl)o1. The van der Waals surface area contributed by atoms with Gasteiger partial charge in [0.15, 0.2) is 0 Å². The van der Waals surface area contributed by atoms with Crippen molar-refractivity contribution < 1.29 is 4.42 Å². The average molecular weight is 354 g/mol. The first kappa shape index (κ1) is 16.7. The molecule has 0 aliphatic heterocycles. The van der Waals surface area contributed by atoms with Crippen molar-refractivity contribution in [2.45, 2.75) is 51.6 Å². The van der Waals surface area contributed by atoms with Crippen molar-refractivity contribution in [3.8, 4) is 11.5 Å². The van der Waals surface area contributed by atoms with Crippen molar-refractivity contribution in [2.75, 3.05) is 0 Å². The first-order chi connectivity index (χ1) is 11.1. The molecule has 4 nitrogen and oxygen atoms in total. The van der Waals surface area contributed by atoms with Crippen LogP contribution in [0.4, 0.5) is 0 Å². The van der Waals surface area contributed by atoms with E-state index in [2.05, 4.69) is 29.4 Å². The van der Waals surface area contributed by atoms with Crippen LogP contribution in [-0.4, -0.2) is 16.2 Å². The summed E-state index contributed by atoms with van der Waals surface area (Å²) in [5.74, 6) is 1.76. The van der Waals surface area contributed by atoms with Gasteiger partial charge >= 0.3 is 0 Å². The van der Waals surface area contributed by atoms with Crippen LogP contribution in [0.3, 0.4) is 0 Å². The van der Waals surface area contributed by atoms with E-state index in [1.54, 1.807) is 18.2 Å². The molecule has 1 aliphatic rings. The first-order valence-corrected chi connectivity index (χ1v) is 8.89. The number of hydrogen-bond donors (Lipinski definition) is 1. The summed E-state index contributed by atoms with van der Waals surface area (Å²) in [5, 5.41) is 13.0. The average Bonchev–Trinajstić information content (AvgIpc) is 3.16. The van der Waals surface area contributed by atoms with E-state index in [0.717, 1.165) is 5.92 Å². The number of aromatic nitrogens is 2. The number of benzene rings is 1. The van der Waals surface area contributed by atoms with Gasteiger partial charge in [-0.05, 0) is 43.9 Å². The lowest BCUT2D eigenvalue weighted by Gasteiger charge is -2.22. The molecule has 2 aromatic rings. The summed E-state index contributed by atoms with van der Waals surface area (Å²) in [5.41, 5.74) is 0.703. The second-order valence-electron chi connectivity index (χ2n) is 6.16. The fraction of sp³-hybridized carbons (Fsp3) is 0.529. The number of halogens is 2. The van der Waals surface area contributed by atoms with E-state index >= 15 is 0 Å². The molecule has 23 heavy (non-hydrogen) atoms. The molecule has 1 aromatic heterocycles. The van der Waals surface area contributed by atoms with Crippen LogP contribution in [0.1, 0.15) is 51.5 Å². The Kier molecular flexibility index (Phi) is 5.24. The summed E-state index contributed by atoms with van der Waals surface area (Å²) in [6.07, 6.45) is 5.02. The molecule has 0 spiro atoms. The molecule has 1 fully saturated rings. The lowest BCUT2D eigenvalue weighted by Crippen LogP contribution is -2.34.